The average molecular weight is 190 g/mol. The smallest absolute Gasteiger partial charge is 0.136 e. The second-order valence-electron chi connectivity index (χ2n) is 4.53. The van der Waals surface area contributed by atoms with Crippen LogP contribution in [0.25, 0.3) is 11.8 Å². The third-order valence-corrected chi connectivity index (χ3v) is 2.12. The van der Waals surface area contributed by atoms with Crippen molar-refractivity contribution < 1.29 is 0 Å². The van der Waals surface area contributed by atoms with Gasteiger partial charge in [-0.15, -0.1) is 0 Å². The van der Waals surface area contributed by atoms with E-state index in [1.807, 2.05) is 17.7 Å². The van der Waals surface area contributed by atoms with Crippen LogP contribution in [0.2, 0.25) is 0 Å². The molecule has 0 aliphatic carbocycles. The van der Waals surface area contributed by atoms with Gasteiger partial charge in [-0.25, -0.2) is 4.98 Å². The zero-order valence-electron chi connectivity index (χ0n) is 9.46. The van der Waals surface area contributed by atoms with E-state index in [0.717, 1.165) is 11.5 Å². The van der Waals surface area contributed by atoms with Crippen LogP contribution in [0.4, 0.5) is 0 Å². The molecule has 0 aliphatic rings. The zero-order chi connectivity index (χ0) is 10.9. The molecule has 0 aromatic carbocycles. The number of rotatable bonds is 2. The molecule has 14 heavy (non-hydrogen) atoms. The fraction of sp³-hybridized carbons (Fsp3) is 0.417. The molecule has 0 N–H and O–H groups in total. The van der Waals surface area contributed by atoms with Crippen molar-refractivity contribution in [3.05, 3.63) is 30.9 Å². The van der Waals surface area contributed by atoms with Gasteiger partial charge >= 0.3 is 0 Å². The average Bonchev–Trinajstić information content (AvgIpc) is 2.45. The number of imidazole rings is 1. The minimum Gasteiger partial charge on any atom is -0.301 e. The fourth-order valence-corrected chi connectivity index (χ4v) is 1.44. The molecule has 0 spiro atoms. The lowest BCUT2D eigenvalue weighted by Gasteiger charge is -2.21. The summed E-state index contributed by atoms with van der Waals surface area (Å²) in [7, 11) is 0. The fourth-order valence-electron chi connectivity index (χ4n) is 1.44. The minimum absolute atomic E-state index is 0.0766. The van der Waals surface area contributed by atoms with Gasteiger partial charge < -0.3 is 4.57 Å². The summed E-state index contributed by atoms with van der Waals surface area (Å²) < 4.78 is 2.05. The molecule has 0 radical (unpaired) electrons. The van der Waals surface area contributed by atoms with Gasteiger partial charge in [0.05, 0.1) is 0 Å². The predicted molar refractivity (Wildman–Crippen MR) is 62.0 cm³/mol. The Morgan fingerprint density at radius 1 is 1.50 bits per heavy atom. The molecule has 0 bridgehead atoms. The van der Waals surface area contributed by atoms with Crippen molar-refractivity contribution in [1.82, 2.24) is 9.55 Å². The van der Waals surface area contributed by atoms with Gasteiger partial charge in [0.1, 0.15) is 5.82 Å². The predicted octanol–water partition coefficient (Wildman–Crippen LogP) is 3.31. The van der Waals surface area contributed by atoms with Crippen LogP contribution in [0.5, 0.6) is 0 Å². The standard InChI is InChI=1S/C12H18N2/c1-7-11-13-8-10(12(4,5)6)14(11)9(2)3/h7-8H,1-2H2,3-6H3. The maximum absolute atomic E-state index is 4.31. The summed E-state index contributed by atoms with van der Waals surface area (Å²) >= 11 is 0. The Morgan fingerprint density at radius 2 is 2.07 bits per heavy atom. The summed E-state index contributed by atoms with van der Waals surface area (Å²) in [5, 5.41) is 0. The lowest BCUT2D eigenvalue weighted by atomic mass is 9.92. The van der Waals surface area contributed by atoms with Crippen LogP contribution in [0.3, 0.4) is 0 Å². The number of hydrogen-bond acceptors (Lipinski definition) is 1. The van der Waals surface area contributed by atoms with Crippen molar-refractivity contribution in [3.8, 4) is 0 Å². The normalized spacial score (nSPS) is 11.4. The highest BCUT2D eigenvalue weighted by Gasteiger charge is 2.20. The molecule has 0 amide bonds. The summed E-state index contributed by atoms with van der Waals surface area (Å²) in [6.45, 7) is 16.2. The quantitative estimate of drug-likeness (QED) is 0.699. The second-order valence-corrected chi connectivity index (χ2v) is 4.53. The van der Waals surface area contributed by atoms with E-state index in [4.69, 9.17) is 0 Å². The molecule has 0 saturated carbocycles. The van der Waals surface area contributed by atoms with Gasteiger partial charge in [0, 0.05) is 23.0 Å². The maximum atomic E-state index is 4.31. The van der Waals surface area contributed by atoms with Crippen LogP contribution < -0.4 is 0 Å². The van der Waals surface area contributed by atoms with Crippen LogP contribution in [0.1, 0.15) is 39.2 Å². The molecule has 1 aromatic rings. The third-order valence-electron chi connectivity index (χ3n) is 2.12. The molecule has 1 heterocycles. The van der Waals surface area contributed by atoms with Crippen molar-refractivity contribution in [1.29, 1.82) is 0 Å². The summed E-state index contributed by atoms with van der Waals surface area (Å²) in [5.41, 5.74) is 2.22. The SMILES string of the molecule is C=Cc1ncc(C(C)(C)C)n1C(=C)C. The van der Waals surface area contributed by atoms with Crippen LogP contribution in [0.15, 0.2) is 19.4 Å². The Kier molecular flexibility index (Phi) is 2.65. The van der Waals surface area contributed by atoms with E-state index in [0.29, 0.717) is 0 Å². The van der Waals surface area contributed by atoms with Gasteiger partial charge in [-0.1, -0.05) is 33.9 Å². The Labute approximate surface area is 86.0 Å². The highest BCUT2D eigenvalue weighted by molar-refractivity contribution is 5.51. The molecule has 2 heteroatoms. The molecule has 1 rings (SSSR count). The van der Waals surface area contributed by atoms with E-state index in [1.165, 1.54) is 5.69 Å². The Hall–Kier alpha value is -1.31. The number of hydrogen-bond donors (Lipinski definition) is 0. The van der Waals surface area contributed by atoms with Crippen molar-refractivity contribution in [2.24, 2.45) is 0 Å². The topological polar surface area (TPSA) is 17.8 Å². The van der Waals surface area contributed by atoms with Crippen LogP contribution >= 0.6 is 0 Å². The van der Waals surface area contributed by atoms with Crippen LogP contribution in [-0.2, 0) is 5.41 Å². The van der Waals surface area contributed by atoms with Gasteiger partial charge in [-0.2, -0.15) is 0 Å². The molecule has 0 aliphatic heterocycles. The number of allylic oxidation sites excluding steroid dienone is 1. The highest BCUT2D eigenvalue weighted by atomic mass is 15.1. The Morgan fingerprint density at radius 3 is 2.43 bits per heavy atom. The lowest BCUT2D eigenvalue weighted by Crippen LogP contribution is -2.17. The van der Waals surface area contributed by atoms with Crippen molar-refractivity contribution >= 4 is 11.8 Å². The number of nitrogens with zero attached hydrogens (tertiary/aromatic N) is 2. The molecule has 0 fully saturated rings. The molecule has 1 aromatic heterocycles. The van der Waals surface area contributed by atoms with E-state index in [1.54, 1.807) is 6.08 Å². The molecule has 0 saturated heterocycles. The van der Waals surface area contributed by atoms with Crippen molar-refractivity contribution in [2.45, 2.75) is 33.1 Å². The van der Waals surface area contributed by atoms with Gasteiger partial charge in [0.15, 0.2) is 0 Å². The molecule has 0 unspecified atom stereocenters. The van der Waals surface area contributed by atoms with Gasteiger partial charge in [0.25, 0.3) is 0 Å². The maximum Gasteiger partial charge on any atom is 0.136 e. The molecule has 0 atom stereocenters. The van der Waals surface area contributed by atoms with Crippen LogP contribution in [0, 0.1) is 0 Å². The first-order valence-corrected chi connectivity index (χ1v) is 4.74. The summed E-state index contributed by atoms with van der Waals surface area (Å²) in [5.74, 6) is 0.863. The zero-order valence-corrected chi connectivity index (χ0v) is 9.46. The molecule has 2 nitrogen and oxygen atoms in total. The van der Waals surface area contributed by atoms with Gasteiger partial charge in [0.2, 0.25) is 0 Å². The second kappa shape index (κ2) is 3.45. The largest absolute Gasteiger partial charge is 0.301 e. The van der Waals surface area contributed by atoms with E-state index < -0.39 is 0 Å². The summed E-state index contributed by atoms with van der Waals surface area (Å²) in [6.07, 6.45) is 3.65. The summed E-state index contributed by atoms with van der Waals surface area (Å²) in [4.78, 5) is 4.31. The molecule has 76 valence electrons. The molecular formula is C12H18N2. The third kappa shape index (κ3) is 1.79. The minimum atomic E-state index is 0.0766. The van der Waals surface area contributed by atoms with E-state index in [-0.39, 0.29) is 5.41 Å². The lowest BCUT2D eigenvalue weighted by molar-refractivity contribution is 0.558. The van der Waals surface area contributed by atoms with E-state index in [9.17, 15) is 0 Å². The van der Waals surface area contributed by atoms with Crippen molar-refractivity contribution in [2.75, 3.05) is 0 Å². The highest BCUT2D eigenvalue weighted by Crippen LogP contribution is 2.25. The van der Waals surface area contributed by atoms with Crippen LogP contribution in [-0.4, -0.2) is 9.55 Å². The van der Waals surface area contributed by atoms with E-state index in [2.05, 4.69) is 38.9 Å². The molecular weight excluding hydrogens is 172 g/mol. The monoisotopic (exact) mass is 190 g/mol. The van der Waals surface area contributed by atoms with Gasteiger partial charge in [-0.3, -0.25) is 0 Å². The first kappa shape index (κ1) is 10.8. The first-order valence-electron chi connectivity index (χ1n) is 4.74. The number of aromatic nitrogens is 2. The van der Waals surface area contributed by atoms with Crippen molar-refractivity contribution in [3.63, 3.8) is 0 Å². The van der Waals surface area contributed by atoms with E-state index >= 15 is 0 Å². The van der Waals surface area contributed by atoms with Gasteiger partial charge in [-0.05, 0) is 13.0 Å². The first-order chi connectivity index (χ1) is 6.38. The summed E-state index contributed by atoms with van der Waals surface area (Å²) in [6, 6.07) is 0. The Balaban J connectivity index is 3.39. The Bertz CT molecular complexity index is 364.